The molecule has 2 N–H and O–H groups in total. The first-order chi connectivity index (χ1) is 9.17. The predicted octanol–water partition coefficient (Wildman–Crippen LogP) is 2.24. The highest BCUT2D eigenvalue weighted by atomic mass is 32.2. The van der Waals surface area contributed by atoms with E-state index in [2.05, 4.69) is 17.1 Å². The summed E-state index contributed by atoms with van der Waals surface area (Å²) in [4.78, 5) is 4.52. The van der Waals surface area contributed by atoms with E-state index < -0.39 is 5.54 Å². The molecule has 2 heterocycles. The summed E-state index contributed by atoms with van der Waals surface area (Å²) in [5.74, 6) is 3.81. The molecule has 2 aliphatic rings. The monoisotopic (exact) mass is 283 g/mol. The molecule has 3 unspecified atom stereocenters. The summed E-state index contributed by atoms with van der Waals surface area (Å²) in [6.07, 6.45) is 4.18. The molecular formula is C13H21N3O2S. The minimum Gasteiger partial charge on any atom is -0.368 e. The minimum absolute atomic E-state index is 0.0409. The molecule has 1 saturated carbocycles. The molecule has 0 aromatic carbocycles. The van der Waals surface area contributed by atoms with Gasteiger partial charge in [0.15, 0.2) is 0 Å². The normalized spacial score (nSPS) is 36.3. The SMILES string of the molecule is CC1CCCC(N)(c2nc(C3CSCCO3)no2)C1. The predicted molar refractivity (Wildman–Crippen MR) is 73.8 cm³/mol. The summed E-state index contributed by atoms with van der Waals surface area (Å²) in [5, 5.41) is 4.08. The number of ether oxygens (including phenoxy) is 1. The van der Waals surface area contributed by atoms with Gasteiger partial charge in [-0.3, -0.25) is 0 Å². The van der Waals surface area contributed by atoms with Crippen molar-refractivity contribution in [1.29, 1.82) is 0 Å². The first kappa shape index (κ1) is 13.4. The van der Waals surface area contributed by atoms with E-state index in [0.29, 0.717) is 17.6 Å². The molecule has 1 aliphatic carbocycles. The third-order valence-electron chi connectivity index (χ3n) is 4.00. The lowest BCUT2D eigenvalue weighted by molar-refractivity contribution is 0.0677. The van der Waals surface area contributed by atoms with E-state index in [4.69, 9.17) is 15.0 Å². The molecule has 1 aromatic heterocycles. The van der Waals surface area contributed by atoms with Gasteiger partial charge in [0.2, 0.25) is 11.7 Å². The Morgan fingerprint density at radius 2 is 2.37 bits per heavy atom. The highest BCUT2D eigenvalue weighted by molar-refractivity contribution is 7.99. The number of thioether (sulfide) groups is 1. The van der Waals surface area contributed by atoms with Crippen LogP contribution in [0, 0.1) is 5.92 Å². The van der Waals surface area contributed by atoms with Gasteiger partial charge in [-0.15, -0.1) is 0 Å². The quantitative estimate of drug-likeness (QED) is 0.897. The van der Waals surface area contributed by atoms with Gasteiger partial charge in [-0.2, -0.15) is 16.7 Å². The number of hydrogen-bond acceptors (Lipinski definition) is 6. The zero-order valence-corrected chi connectivity index (χ0v) is 12.1. The average Bonchev–Trinajstić information content (AvgIpc) is 2.90. The van der Waals surface area contributed by atoms with Crippen LogP contribution >= 0.6 is 11.8 Å². The smallest absolute Gasteiger partial charge is 0.246 e. The average molecular weight is 283 g/mol. The fourth-order valence-electron chi connectivity index (χ4n) is 2.99. The molecule has 6 heteroatoms. The van der Waals surface area contributed by atoms with Crippen LogP contribution in [0.1, 0.15) is 50.4 Å². The van der Waals surface area contributed by atoms with Crippen molar-refractivity contribution in [1.82, 2.24) is 10.1 Å². The van der Waals surface area contributed by atoms with E-state index >= 15 is 0 Å². The van der Waals surface area contributed by atoms with Gasteiger partial charge in [-0.25, -0.2) is 0 Å². The van der Waals surface area contributed by atoms with Gasteiger partial charge in [0.25, 0.3) is 0 Å². The van der Waals surface area contributed by atoms with Crippen molar-refractivity contribution in [3.8, 4) is 0 Å². The van der Waals surface area contributed by atoms with Crippen LogP contribution < -0.4 is 5.73 Å². The Bertz CT molecular complexity index is 433. The van der Waals surface area contributed by atoms with Crippen molar-refractivity contribution >= 4 is 11.8 Å². The van der Waals surface area contributed by atoms with Crippen LogP contribution in [0.15, 0.2) is 4.52 Å². The Morgan fingerprint density at radius 1 is 1.47 bits per heavy atom. The van der Waals surface area contributed by atoms with Gasteiger partial charge in [-0.05, 0) is 18.8 Å². The fraction of sp³-hybridized carbons (Fsp3) is 0.846. The van der Waals surface area contributed by atoms with Gasteiger partial charge < -0.3 is 15.0 Å². The molecule has 106 valence electrons. The van der Waals surface area contributed by atoms with E-state index in [1.807, 2.05) is 11.8 Å². The van der Waals surface area contributed by atoms with E-state index in [9.17, 15) is 0 Å². The molecular weight excluding hydrogens is 262 g/mol. The van der Waals surface area contributed by atoms with Gasteiger partial charge >= 0.3 is 0 Å². The van der Waals surface area contributed by atoms with Crippen LogP contribution in [-0.2, 0) is 10.3 Å². The van der Waals surface area contributed by atoms with Gasteiger partial charge in [0.1, 0.15) is 6.10 Å². The van der Waals surface area contributed by atoms with E-state index in [1.165, 1.54) is 6.42 Å². The van der Waals surface area contributed by atoms with E-state index in [-0.39, 0.29) is 6.10 Å². The Kier molecular flexibility index (Phi) is 3.82. The minimum atomic E-state index is -0.440. The van der Waals surface area contributed by atoms with Crippen molar-refractivity contribution in [2.45, 2.75) is 44.2 Å². The Hall–Kier alpha value is -0.590. The molecule has 1 aromatic rings. The summed E-state index contributed by atoms with van der Waals surface area (Å²) in [6.45, 7) is 2.99. The molecule has 19 heavy (non-hydrogen) atoms. The maximum Gasteiger partial charge on any atom is 0.246 e. The summed E-state index contributed by atoms with van der Waals surface area (Å²) < 4.78 is 11.1. The highest BCUT2D eigenvalue weighted by Crippen LogP contribution is 2.37. The molecule has 0 radical (unpaired) electrons. The highest BCUT2D eigenvalue weighted by Gasteiger charge is 2.38. The molecule has 5 nitrogen and oxygen atoms in total. The van der Waals surface area contributed by atoms with E-state index in [1.54, 1.807) is 0 Å². The molecule has 0 bridgehead atoms. The summed E-state index contributed by atoms with van der Waals surface area (Å²) >= 11 is 1.86. The van der Waals surface area contributed by atoms with Crippen molar-refractivity contribution in [3.63, 3.8) is 0 Å². The van der Waals surface area contributed by atoms with E-state index in [0.717, 1.165) is 37.4 Å². The summed E-state index contributed by atoms with van der Waals surface area (Å²) in [6, 6.07) is 0. The van der Waals surface area contributed by atoms with Crippen LogP contribution in [0.5, 0.6) is 0 Å². The van der Waals surface area contributed by atoms with Crippen molar-refractivity contribution in [2.24, 2.45) is 11.7 Å². The lowest BCUT2D eigenvalue weighted by atomic mass is 9.77. The van der Waals surface area contributed by atoms with Gasteiger partial charge in [0.05, 0.1) is 12.1 Å². The molecule has 3 rings (SSSR count). The molecule has 1 saturated heterocycles. The van der Waals surface area contributed by atoms with Crippen molar-refractivity contribution in [2.75, 3.05) is 18.1 Å². The van der Waals surface area contributed by atoms with Crippen LogP contribution in [0.3, 0.4) is 0 Å². The van der Waals surface area contributed by atoms with Crippen molar-refractivity contribution in [3.05, 3.63) is 11.7 Å². The molecule has 2 fully saturated rings. The largest absolute Gasteiger partial charge is 0.368 e. The van der Waals surface area contributed by atoms with Gasteiger partial charge in [-0.1, -0.05) is 24.9 Å². The number of nitrogens with two attached hydrogens (primary N) is 1. The summed E-state index contributed by atoms with van der Waals surface area (Å²) in [7, 11) is 0. The topological polar surface area (TPSA) is 74.2 Å². The number of hydrogen-bond donors (Lipinski definition) is 1. The lowest BCUT2D eigenvalue weighted by Gasteiger charge is -2.33. The van der Waals surface area contributed by atoms with Crippen molar-refractivity contribution < 1.29 is 9.26 Å². The zero-order valence-electron chi connectivity index (χ0n) is 11.3. The second-order valence-electron chi connectivity index (χ2n) is 5.75. The van der Waals surface area contributed by atoms with Crippen LogP contribution in [0.2, 0.25) is 0 Å². The Morgan fingerprint density at radius 3 is 3.11 bits per heavy atom. The third kappa shape index (κ3) is 2.80. The van der Waals surface area contributed by atoms with Gasteiger partial charge in [0, 0.05) is 11.5 Å². The number of rotatable bonds is 2. The number of aromatic nitrogens is 2. The molecule has 1 aliphatic heterocycles. The standard InChI is InChI=1S/C13H21N3O2S/c1-9-3-2-4-13(14,7-9)12-15-11(16-18-12)10-8-19-6-5-17-10/h9-10H,2-8,14H2,1H3. The first-order valence-electron chi connectivity index (χ1n) is 7.00. The Labute approximate surface area is 117 Å². The fourth-order valence-corrected chi connectivity index (χ4v) is 3.83. The third-order valence-corrected chi connectivity index (χ3v) is 5.00. The maximum atomic E-state index is 6.47. The first-order valence-corrected chi connectivity index (χ1v) is 8.15. The molecule has 3 atom stereocenters. The molecule has 0 spiro atoms. The maximum absolute atomic E-state index is 6.47. The number of nitrogens with zero attached hydrogens (tertiary/aromatic N) is 2. The lowest BCUT2D eigenvalue weighted by Crippen LogP contribution is -2.41. The second kappa shape index (κ2) is 5.42. The molecule has 0 amide bonds. The van der Waals surface area contributed by atoms with Crippen LogP contribution in [0.25, 0.3) is 0 Å². The Balaban J connectivity index is 1.76. The second-order valence-corrected chi connectivity index (χ2v) is 6.90. The zero-order chi connectivity index (χ0) is 13.3. The van der Waals surface area contributed by atoms with Crippen LogP contribution in [0.4, 0.5) is 0 Å². The summed E-state index contributed by atoms with van der Waals surface area (Å²) in [5.41, 5.74) is 6.03. The van der Waals surface area contributed by atoms with Crippen LogP contribution in [-0.4, -0.2) is 28.3 Å².